The molecule has 1 saturated carbocycles. The summed E-state index contributed by atoms with van der Waals surface area (Å²) in [6, 6.07) is 8.12. The van der Waals surface area contributed by atoms with E-state index in [4.69, 9.17) is 0 Å². The third kappa shape index (κ3) is 3.00. The molecule has 2 unspecified atom stereocenters. The SMILES string of the molecule is Cc1nnc(NCC2(O)CCCC(C)C2)c2ccccc12. The first kappa shape index (κ1) is 14.3. The molecule has 1 aliphatic carbocycles. The minimum Gasteiger partial charge on any atom is -0.388 e. The Morgan fingerprint density at radius 3 is 2.81 bits per heavy atom. The molecule has 2 aromatic rings. The molecule has 2 N–H and O–H groups in total. The summed E-state index contributed by atoms with van der Waals surface area (Å²) in [5, 5.41) is 24.7. The van der Waals surface area contributed by atoms with Crippen LogP contribution in [0, 0.1) is 12.8 Å². The molecule has 0 radical (unpaired) electrons. The zero-order valence-electron chi connectivity index (χ0n) is 12.8. The average Bonchev–Trinajstić information content (AvgIpc) is 2.47. The first-order chi connectivity index (χ1) is 10.1. The molecule has 0 saturated heterocycles. The zero-order chi connectivity index (χ0) is 14.9. The molecule has 21 heavy (non-hydrogen) atoms. The third-order valence-corrected chi connectivity index (χ3v) is 4.52. The van der Waals surface area contributed by atoms with Gasteiger partial charge in [0.2, 0.25) is 0 Å². The average molecular weight is 285 g/mol. The van der Waals surface area contributed by atoms with Crippen LogP contribution in [0.1, 0.15) is 38.3 Å². The first-order valence-electron chi connectivity index (χ1n) is 7.76. The third-order valence-electron chi connectivity index (χ3n) is 4.52. The van der Waals surface area contributed by atoms with Crippen LogP contribution >= 0.6 is 0 Å². The van der Waals surface area contributed by atoms with Gasteiger partial charge in [0.05, 0.1) is 11.3 Å². The van der Waals surface area contributed by atoms with Crippen LogP contribution in [0.15, 0.2) is 24.3 Å². The Bertz CT molecular complexity index is 643. The van der Waals surface area contributed by atoms with Crippen LogP contribution in [0.5, 0.6) is 0 Å². The fourth-order valence-electron chi connectivity index (χ4n) is 3.41. The highest BCUT2D eigenvalue weighted by molar-refractivity contribution is 5.92. The highest BCUT2D eigenvalue weighted by atomic mass is 16.3. The topological polar surface area (TPSA) is 58.0 Å². The quantitative estimate of drug-likeness (QED) is 0.908. The summed E-state index contributed by atoms with van der Waals surface area (Å²) in [6.45, 7) is 4.72. The van der Waals surface area contributed by atoms with Crippen LogP contribution in [-0.2, 0) is 0 Å². The van der Waals surface area contributed by atoms with Crippen molar-refractivity contribution in [3.05, 3.63) is 30.0 Å². The van der Waals surface area contributed by atoms with Gasteiger partial charge in [0.1, 0.15) is 0 Å². The molecule has 1 fully saturated rings. The van der Waals surface area contributed by atoms with Gasteiger partial charge < -0.3 is 10.4 Å². The smallest absolute Gasteiger partial charge is 0.156 e. The fraction of sp³-hybridized carbons (Fsp3) is 0.529. The predicted octanol–water partition coefficient (Wildman–Crippen LogP) is 3.29. The van der Waals surface area contributed by atoms with E-state index in [2.05, 4.69) is 28.5 Å². The summed E-state index contributed by atoms with van der Waals surface area (Å²) in [5.74, 6) is 1.36. The molecule has 0 aliphatic heterocycles. The van der Waals surface area contributed by atoms with Crippen molar-refractivity contribution in [1.29, 1.82) is 0 Å². The monoisotopic (exact) mass is 285 g/mol. The van der Waals surface area contributed by atoms with E-state index in [-0.39, 0.29) is 0 Å². The maximum atomic E-state index is 10.7. The Kier molecular flexibility index (Phi) is 3.81. The summed E-state index contributed by atoms with van der Waals surface area (Å²) in [7, 11) is 0. The van der Waals surface area contributed by atoms with Crippen molar-refractivity contribution >= 4 is 16.6 Å². The molecule has 1 aliphatic rings. The Balaban J connectivity index is 1.81. The number of nitrogens with one attached hydrogen (secondary N) is 1. The van der Waals surface area contributed by atoms with Gasteiger partial charge in [-0.15, -0.1) is 5.10 Å². The van der Waals surface area contributed by atoms with Crippen LogP contribution in [0.4, 0.5) is 5.82 Å². The summed E-state index contributed by atoms with van der Waals surface area (Å²) < 4.78 is 0. The minimum atomic E-state index is -0.620. The van der Waals surface area contributed by atoms with Gasteiger partial charge in [0.25, 0.3) is 0 Å². The van der Waals surface area contributed by atoms with Gasteiger partial charge in [-0.1, -0.05) is 44.0 Å². The van der Waals surface area contributed by atoms with Gasteiger partial charge in [-0.2, -0.15) is 5.10 Å². The number of fused-ring (bicyclic) bond motifs is 1. The molecule has 1 heterocycles. The van der Waals surface area contributed by atoms with Crippen molar-refractivity contribution in [1.82, 2.24) is 10.2 Å². The molecule has 3 rings (SSSR count). The van der Waals surface area contributed by atoms with E-state index in [9.17, 15) is 5.11 Å². The number of aliphatic hydroxyl groups is 1. The molecule has 4 heteroatoms. The molecule has 2 atom stereocenters. The van der Waals surface area contributed by atoms with E-state index in [1.165, 1.54) is 6.42 Å². The standard InChI is InChI=1S/C17H23N3O/c1-12-6-5-9-17(21,10-12)11-18-16-15-8-4-3-7-14(15)13(2)19-20-16/h3-4,7-8,12,21H,5-6,9-11H2,1-2H3,(H,18,20). The molecule has 1 aromatic heterocycles. The summed E-state index contributed by atoms with van der Waals surface area (Å²) in [4.78, 5) is 0. The van der Waals surface area contributed by atoms with Crippen LogP contribution in [-0.4, -0.2) is 27.4 Å². The fourth-order valence-corrected chi connectivity index (χ4v) is 3.41. The van der Waals surface area contributed by atoms with E-state index in [1.807, 2.05) is 25.1 Å². The molecule has 0 amide bonds. The molecule has 0 spiro atoms. The van der Waals surface area contributed by atoms with Crippen LogP contribution in [0.2, 0.25) is 0 Å². The molecular formula is C17H23N3O. The normalized spacial score (nSPS) is 26.0. The molecular weight excluding hydrogens is 262 g/mol. The lowest BCUT2D eigenvalue weighted by Gasteiger charge is -2.35. The maximum Gasteiger partial charge on any atom is 0.156 e. The number of hydrogen-bond donors (Lipinski definition) is 2. The predicted molar refractivity (Wildman–Crippen MR) is 85.3 cm³/mol. The number of benzene rings is 1. The number of hydrogen-bond acceptors (Lipinski definition) is 4. The highest BCUT2D eigenvalue weighted by Crippen LogP contribution is 2.32. The van der Waals surface area contributed by atoms with Gasteiger partial charge in [0, 0.05) is 17.3 Å². The van der Waals surface area contributed by atoms with Crippen molar-refractivity contribution < 1.29 is 5.11 Å². The minimum absolute atomic E-state index is 0.541. The first-order valence-corrected chi connectivity index (χ1v) is 7.76. The van der Waals surface area contributed by atoms with Gasteiger partial charge >= 0.3 is 0 Å². The second kappa shape index (κ2) is 5.60. The second-order valence-electron chi connectivity index (χ2n) is 6.46. The number of rotatable bonds is 3. The molecule has 4 nitrogen and oxygen atoms in total. The Labute approximate surface area is 125 Å². The number of aromatic nitrogens is 2. The lowest BCUT2D eigenvalue weighted by atomic mass is 9.79. The zero-order valence-corrected chi connectivity index (χ0v) is 12.8. The lowest BCUT2D eigenvalue weighted by molar-refractivity contribution is -0.000811. The van der Waals surface area contributed by atoms with E-state index < -0.39 is 5.60 Å². The largest absolute Gasteiger partial charge is 0.388 e. The second-order valence-corrected chi connectivity index (χ2v) is 6.46. The van der Waals surface area contributed by atoms with E-state index in [1.54, 1.807) is 0 Å². The number of aryl methyl sites for hydroxylation is 1. The summed E-state index contributed by atoms with van der Waals surface area (Å²) in [5.41, 5.74) is 0.312. The van der Waals surface area contributed by atoms with E-state index >= 15 is 0 Å². The van der Waals surface area contributed by atoms with E-state index in [0.29, 0.717) is 12.5 Å². The Hall–Kier alpha value is -1.68. The van der Waals surface area contributed by atoms with E-state index in [0.717, 1.165) is 41.5 Å². The van der Waals surface area contributed by atoms with Crippen molar-refractivity contribution in [2.24, 2.45) is 5.92 Å². The van der Waals surface area contributed by atoms with Crippen LogP contribution in [0.25, 0.3) is 10.8 Å². The lowest BCUT2D eigenvalue weighted by Crippen LogP contribution is -2.41. The van der Waals surface area contributed by atoms with Gasteiger partial charge in [-0.25, -0.2) is 0 Å². The van der Waals surface area contributed by atoms with Gasteiger partial charge in [-0.05, 0) is 25.7 Å². The summed E-state index contributed by atoms with van der Waals surface area (Å²) in [6.07, 6.45) is 4.04. The Morgan fingerprint density at radius 2 is 2.05 bits per heavy atom. The molecule has 0 bridgehead atoms. The van der Waals surface area contributed by atoms with Crippen molar-refractivity contribution in [3.63, 3.8) is 0 Å². The maximum absolute atomic E-state index is 10.7. The molecule has 112 valence electrons. The number of nitrogens with zero attached hydrogens (tertiary/aromatic N) is 2. The van der Waals surface area contributed by atoms with Gasteiger partial charge in [0.15, 0.2) is 5.82 Å². The van der Waals surface area contributed by atoms with Crippen LogP contribution in [0.3, 0.4) is 0 Å². The van der Waals surface area contributed by atoms with Crippen LogP contribution < -0.4 is 5.32 Å². The van der Waals surface area contributed by atoms with Crippen molar-refractivity contribution in [2.45, 2.75) is 45.1 Å². The number of anilines is 1. The Morgan fingerprint density at radius 1 is 1.29 bits per heavy atom. The molecule has 1 aromatic carbocycles. The summed E-state index contributed by atoms with van der Waals surface area (Å²) >= 11 is 0. The highest BCUT2D eigenvalue weighted by Gasteiger charge is 2.32. The van der Waals surface area contributed by atoms with Gasteiger partial charge in [-0.3, -0.25) is 0 Å². The van der Waals surface area contributed by atoms with Crippen molar-refractivity contribution in [3.8, 4) is 0 Å². The van der Waals surface area contributed by atoms with Crippen molar-refractivity contribution in [2.75, 3.05) is 11.9 Å².